The largest absolute Gasteiger partial charge is 0.369 e. The molecule has 2 aromatic carbocycles. The van der Waals surface area contributed by atoms with Gasteiger partial charge in [-0.25, -0.2) is 13.9 Å². The summed E-state index contributed by atoms with van der Waals surface area (Å²) in [4.78, 5) is 34.1. The molecule has 0 spiro atoms. The molecular weight excluding hydrogens is 519 g/mol. The second-order valence-corrected chi connectivity index (χ2v) is 11.8. The number of halogens is 1. The molecule has 8 nitrogen and oxygen atoms in total. The van der Waals surface area contributed by atoms with Crippen molar-refractivity contribution in [3.05, 3.63) is 82.9 Å². The fraction of sp³-hybridized carbons (Fsp3) is 0.375. The van der Waals surface area contributed by atoms with Crippen molar-refractivity contribution in [2.75, 3.05) is 18.0 Å². The molecule has 2 aromatic heterocycles. The number of rotatable bonds is 5. The zero-order valence-electron chi connectivity index (χ0n) is 23.3. The highest BCUT2D eigenvalue weighted by molar-refractivity contribution is 5.93. The number of amides is 2. The first-order valence-corrected chi connectivity index (χ1v) is 14.4. The van der Waals surface area contributed by atoms with E-state index >= 15 is 4.39 Å². The van der Waals surface area contributed by atoms with Crippen LogP contribution in [0.4, 0.5) is 10.1 Å². The Morgan fingerprint density at radius 1 is 1.05 bits per heavy atom. The molecule has 2 amide bonds. The second-order valence-electron chi connectivity index (χ2n) is 11.8. The minimum Gasteiger partial charge on any atom is -0.369 e. The summed E-state index contributed by atoms with van der Waals surface area (Å²) in [6, 6.07) is 17.1. The number of benzene rings is 2. The molecule has 0 radical (unpaired) electrons. The Hall–Kier alpha value is -4.27. The molecule has 41 heavy (non-hydrogen) atoms. The van der Waals surface area contributed by atoms with E-state index in [4.69, 9.17) is 15.8 Å². The lowest BCUT2D eigenvalue weighted by atomic mass is 9.93. The third-order valence-electron chi connectivity index (χ3n) is 9.06. The lowest BCUT2D eigenvalue weighted by molar-refractivity contribution is -0.121. The number of carbonyl (C=O) groups excluding carboxylic acids is 2. The summed E-state index contributed by atoms with van der Waals surface area (Å²) < 4.78 is 17.3. The molecule has 4 aromatic rings. The van der Waals surface area contributed by atoms with Gasteiger partial charge < -0.3 is 15.5 Å². The average molecular weight is 553 g/mol. The standard InChI is InChI=1S/C32H33FN6O2/c1-18-13-22(31(34)40)17-38(18)23-9-10-25(26(33)14-23)27-16-30-35-28(15-29(21-7-8-21)39(30)36-27)32(41)37-12-11-20-5-3-4-6-24(20)19(37)2/h3-6,9-10,14-16,18-19,21-22H,7-8,11-13,17H2,1-2H3,(H2,34,40)/t18?,19-,22+/m1/s1. The summed E-state index contributed by atoms with van der Waals surface area (Å²) in [5.74, 6) is -0.744. The molecule has 1 saturated heterocycles. The smallest absolute Gasteiger partial charge is 0.273 e. The highest BCUT2D eigenvalue weighted by Crippen LogP contribution is 2.41. The van der Waals surface area contributed by atoms with E-state index in [0.717, 1.165) is 25.0 Å². The molecule has 9 heteroatoms. The van der Waals surface area contributed by atoms with Gasteiger partial charge in [-0.3, -0.25) is 9.59 Å². The molecule has 1 unspecified atom stereocenters. The normalized spacial score (nSPS) is 22.3. The fourth-order valence-electron chi connectivity index (χ4n) is 6.59. The van der Waals surface area contributed by atoms with Crippen LogP contribution in [0.2, 0.25) is 0 Å². The van der Waals surface area contributed by atoms with E-state index in [1.807, 2.05) is 41.0 Å². The first kappa shape index (κ1) is 25.7. The van der Waals surface area contributed by atoms with Crippen LogP contribution in [0.15, 0.2) is 54.6 Å². The number of hydrogen-bond acceptors (Lipinski definition) is 5. The van der Waals surface area contributed by atoms with E-state index in [2.05, 4.69) is 19.1 Å². The number of primary amides is 1. The maximum absolute atomic E-state index is 15.5. The molecule has 0 bridgehead atoms. The molecule has 1 aliphatic carbocycles. The summed E-state index contributed by atoms with van der Waals surface area (Å²) in [7, 11) is 0. The van der Waals surface area contributed by atoms with E-state index in [1.165, 1.54) is 17.2 Å². The van der Waals surface area contributed by atoms with Crippen molar-refractivity contribution >= 4 is 23.1 Å². The number of fused-ring (bicyclic) bond motifs is 2. The lowest BCUT2D eigenvalue weighted by Gasteiger charge is -2.35. The number of nitrogens with zero attached hydrogens (tertiary/aromatic N) is 5. The Morgan fingerprint density at radius 3 is 2.59 bits per heavy atom. The number of nitrogens with two attached hydrogens (primary N) is 1. The topological polar surface area (TPSA) is 96.8 Å². The number of hydrogen-bond donors (Lipinski definition) is 1. The van der Waals surface area contributed by atoms with Gasteiger partial charge in [0.15, 0.2) is 5.65 Å². The number of carbonyl (C=O) groups is 2. The van der Waals surface area contributed by atoms with Gasteiger partial charge in [0, 0.05) is 48.1 Å². The van der Waals surface area contributed by atoms with Gasteiger partial charge in [-0.15, -0.1) is 0 Å². The molecule has 1 saturated carbocycles. The van der Waals surface area contributed by atoms with Gasteiger partial charge in [0.25, 0.3) is 5.91 Å². The Morgan fingerprint density at radius 2 is 1.85 bits per heavy atom. The van der Waals surface area contributed by atoms with Crippen molar-refractivity contribution in [3.8, 4) is 11.3 Å². The first-order chi connectivity index (χ1) is 19.8. The predicted molar refractivity (Wildman–Crippen MR) is 154 cm³/mol. The van der Waals surface area contributed by atoms with Crippen LogP contribution in [0.5, 0.6) is 0 Å². The van der Waals surface area contributed by atoms with Crippen LogP contribution in [0.1, 0.15) is 72.4 Å². The molecular formula is C32H33FN6O2. The van der Waals surface area contributed by atoms with E-state index < -0.39 is 5.82 Å². The van der Waals surface area contributed by atoms with Crippen molar-refractivity contribution in [3.63, 3.8) is 0 Å². The molecule has 2 N–H and O–H groups in total. The van der Waals surface area contributed by atoms with Crippen LogP contribution < -0.4 is 10.6 Å². The average Bonchev–Trinajstić information content (AvgIpc) is 3.60. The van der Waals surface area contributed by atoms with E-state index in [1.54, 1.807) is 16.6 Å². The molecule has 2 fully saturated rings. The fourth-order valence-corrected chi connectivity index (χ4v) is 6.59. The second kappa shape index (κ2) is 9.68. The van der Waals surface area contributed by atoms with Crippen molar-refractivity contribution in [1.29, 1.82) is 0 Å². The first-order valence-electron chi connectivity index (χ1n) is 14.4. The van der Waals surface area contributed by atoms with Crippen LogP contribution in [0.25, 0.3) is 16.9 Å². The highest BCUT2D eigenvalue weighted by Gasteiger charge is 2.34. The summed E-state index contributed by atoms with van der Waals surface area (Å²) >= 11 is 0. The summed E-state index contributed by atoms with van der Waals surface area (Å²) in [6.45, 7) is 5.21. The van der Waals surface area contributed by atoms with E-state index in [9.17, 15) is 9.59 Å². The highest BCUT2D eigenvalue weighted by atomic mass is 19.1. The Balaban J connectivity index is 1.21. The van der Waals surface area contributed by atoms with E-state index in [-0.39, 0.29) is 29.8 Å². The molecule has 210 valence electrons. The van der Waals surface area contributed by atoms with Gasteiger partial charge in [0.2, 0.25) is 5.91 Å². The minimum absolute atomic E-state index is 0.0421. The summed E-state index contributed by atoms with van der Waals surface area (Å²) in [6.07, 6.45) is 3.53. The van der Waals surface area contributed by atoms with Crippen molar-refractivity contribution < 1.29 is 14.0 Å². The Kier molecular flexibility index (Phi) is 6.06. The minimum atomic E-state index is -0.397. The predicted octanol–water partition coefficient (Wildman–Crippen LogP) is 4.87. The Labute approximate surface area is 238 Å². The monoisotopic (exact) mass is 552 g/mol. The van der Waals surface area contributed by atoms with Gasteiger partial charge in [0.1, 0.15) is 11.5 Å². The molecule has 3 aliphatic rings. The van der Waals surface area contributed by atoms with Crippen LogP contribution >= 0.6 is 0 Å². The number of aromatic nitrogens is 3. The summed E-state index contributed by atoms with van der Waals surface area (Å²) in [5.41, 5.74) is 11.4. The maximum Gasteiger partial charge on any atom is 0.273 e. The van der Waals surface area contributed by atoms with Gasteiger partial charge in [-0.05, 0) is 74.9 Å². The third-order valence-corrected chi connectivity index (χ3v) is 9.06. The van der Waals surface area contributed by atoms with Crippen LogP contribution in [-0.2, 0) is 11.2 Å². The van der Waals surface area contributed by atoms with Gasteiger partial charge in [0.05, 0.1) is 17.7 Å². The van der Waals surface area contributed by atoms with Gasteiger partial charge in [-0.2, -0.15) is 5.10 Å². The van der Waals surface area contributed by atoms with Gasteiger partial charge >= 0.3 is 0 Å². The molecule has 3 atom stereocenters. The van der Waals surface area contributed by atoms with Crippen molar-refractivity contribution in [2.45, 2.75) is 57.5 Å². The Bertz CT molecular complexity index is 1700. The van der Waals surface area contributed by atoms with Crippen LogP contribution in [0.3, 0.4) is 0 Å². The SMILES string of the molecule is CC1C[C@H](C(N)=O)CN1c1ccc(-c2cc3nc(C(=O)N4CCc5ccccc5[C@H]4C)cc(C4CC4)n3n2)c(F)c1. The van der Waals surface area contributed by atoms with Crippen molar-refractivity contribution in [2.24, 2.45) is 11.7 Å². The van der Waals surface area contributed by atoms with Crippen LogP contribution in [0, 0.1) is 11.7 Å². The maximum atomic E-state index is 15.5. The summed E-state index contributed by atoms with van der Waals surface area (Å²) in [5, 5.41) is 4.75. The van der Waals surface area contributed by atoms with Gasteiger partial charge in [-0.1, -0.05) is 24.3 Å². The zero-order valence-corrected chi connectivity index (χ0v) is 23.3. The molecule has 7 rings (SSSR count). The van der Waals surface area contributed by atoms with Crippen LogP contribution in [-0.4, -0.2) is 50.4 Å². The third kappa shape index (κ3) is 4.44. The van der Waals surface area contributed by atoms with Crippen molar-refractivity contribution in [1.82, 2.24) is 19.5 Å². The molecule has 2 aliphatic heterocycles. The zero-order chi connectivity index (χ0) is 28.4. The van der Waals surface area contributed by atoms with E-state index in [0.29, 0.717) is 53.7 Å². The number of anilines is 1. The quantitative estimate of drug-likeness (QED) is 0.381. The lowest BCUT2D eigenvalue weighted by Crippen LogP contribution is -2.39. The molecule has 4 heterocycles.